The fraction of sp³-hybridized carbons (Fsp3) is 0.550. The van der Waals surface area contributed by atoms with E-state index in [9.17, 15) is 9.59 Å². The van der Waals surface area contributed by atoms with E-state index in [1.165, 1.54) is 0 Å². The van der Waals surface area contributed by atoms with Crippen molar-refractivity contribution in [1.29, 1.82) is 0 Å². The molecule has 0 spiro atoms. The highest BCUT2D eigenvalue weighted by molar-refractivity contribution is 6.42. The summed E-state index contributed by atoms with van der Waals surface area (Å²) in [6.07, 6.45) is 0.780. The summed E-state index contributed by atoms with van der Waals surface area (Å²) < 4.78 is 10.3. The first-order valence-corrected chi connectivity index (χ1v) is 10.9. The number of hydrogen-bond donors (Lipinski definition) is 3. The third kappa shape index (κ3) is 9.00. The van der Waals surface area contributed by atoms with Gasteiger partial charge >= 0.3 is 0 Å². The van der Waals surface area contributed by atoms with E-state index in [1.807, 2.05) is 13.0 Å². The topological polar surface area (TPSA) is 118 Å². The molecule has 1 aromatic carbocycles. The molecule has 0 aliphatic carbocycles. The number of ether oxygens (including phenoxy) is 2. The Hall–Kier alpha value is -1.91. The van der Waals surface area contributed by atoms with Gasteiger partial charge in [0.2, 0.25) is 11.8 Å². The van der Waals surface area contributed by atoms with Crippen molar-refractivity contribution in [2.75, 3.05) is 51.1 Å². The number of carbonyl (C=O) groups is 2. The van der Waals surface area contributed by atoms with Crippen LogP contribution in [-0.2, 0) is 19.1 Å². The minimum atomic E-state index is -0.231. The van der Waals surface area contributed by atoms with Gasteiger partial charge in [0.15, 0.2) is 0 Å². The first-order valence-electron chi connectivity index (χ1n) is 10.1. The SMILES string of the molecule is CC1CN(c2ccc(Cl)c(Cl)c2)N=C1NC(=O)CCCNC(=O)COCCOCCN. The summed E-state index contributed by atoms with van der Waals surface area (Å²) >= 11 is 12.0. The number of nitrogens with zero attached hydrogens (tertiary/aromatic N) is 2. The van der Waals surface area contributed by atoms with Crippen LogP contribution in [0.2, 0.25) is 10.0 Å². The summed E-state index contributed by atoms with van der Waals surface area (Å²) in [6, 6.07) is 5.28. The molecule has 1 heterocycles. The number of amidine groups is 1. The van der Waals surface area contributed by atoms with Gasteiger partial charge < -0.3 is 25.8 Å². The number of nitrogens with two attached hydrogens (primary N) is 1. The van der Waals surface area contributed by atoms with Gasteiger partial charge in [-0.1, -0.05) is 30.1 Å². The molecule has 31 heavy (non-hydrogen) atoms. The van der Waals surface area contributed by atoms with Crippen LogP contribution in [0.1, 0.15) is 19.8 Å². The highest BCUT2D eigenvalue weighted by Crippen LogP contribution is 2.29. The van der Waals surface area contributed by atoms with E-state index in [1.54, 1.807) is 17.1 Å². The lowest BCUT2D eigenvalue weighted by atomic mass is 10.1. The van der Waals surface area contributed by atoms with Crippen LogP contribution < -0.4 is 21.4 Å². The molecule has 4 N–H and O–H groups in total. The summed E-state index contributed by atoms with van der Waals surface area (Å²) in [7, 11) is 0. The zero-order chi connectivity index (χ0) is 22.6. The van der Waals surface area contributed by atoms with E-state index in [4.69, 9.17) is 38.4 Å². The van der Waals surface area contributed by atoms with Crippen molar-refractivity contribution in [2.24, 2.45) is 16.8 Å². The number of amides is 2. The van der Waals surface area contributed by atoms with E-state index in [-0.39, 0.29) is 30.8 Å². The van der Waals surface area contributed by atoms with E-state index < -0.39 is 0 Å². The van der Waals surface area contributed by atoms with Crippen molar-refractivity contribution in [2.45, 2.75) is 19.8 Å². The maximum atomic E-state index is 12.2. The van der Waals surface area contributed by atoms with E-state index in [2.05, 4.69) is 15.7 Å². The monoisotopic (exact) mass is 473 g/mol. The normalized spacial score (nSPS) is 15.7. The van der Waals surface area contributed by atoms with Gasteiger partial charge in [-0.2, -0.15) is 5.10 Å². The molecule has 0 radical (unpaired) electrons. The molecule has 1 atom stereocenters. The molecule has 11 heteroatoms. The van der Waals surface area contributed by atoms with Crippen LogP contribution in [0.3, 0.4) is 0 Å². The number of rotatable bonds is 12. The van der Waals surface area contributed by atoms with E-state index in [0.29, 0.717) is 61.8 Å². The van der Waals surface area contributed by atoms with Gasteiger partial charge in [-0.25, -0.2) is 0 Å². The molecular weight excluding hydrogens is 445 g/mol. The van der Waals surface area contributed by atoms with Crippen molar-refractivity contribution >= 4 is 46.5 Å². The molecular formula is C20H29Cl2N5O4. The summed E-state index contributed by atoms with van der Waals surface area (Å²) in [5.41, 5.74) is 6.10. The predicted octanol–water partition coefficient (Wildman–Crippen LogP) is 1.77. The zero-order valence-electron chi connectivity index (χ0n) is 17.5. The Labute approximate surface area is 192 Å². The lowest BCUT2D eigenvalue weighted by Crippen LogP contribution is -2.34. The summed E-state index contributed by atoms with van der Waals surface area (Å²) in [5.74, 6) is 0.281. The van der Waals surface area contributed by atoms with Gasteiger partial charge in [-0.05, 0) is 24.6 Å². The summed E-state index contributed by atoms with van der Waals surface area (Å²) in [6.45, 7) is 4.60. The zero-order valence-corrected chi connectivity index (χ0v) is 19.0. The Morgan fingerprint density at radius 2 is 1.97 bits per heavy atom. The lowest BCUT2D eigenvalue weighted by molar-refractivity contribution is -0.126. The second-order valence-electron chi connectivity index (χ2n) is 7.02. The van der Waals surface area contributed by atoms with Crippen molar-refractivity contribution in [3.63, 3.8) is 0 Å². The molecule has 0 bridgehead atoms. The van der Waals surface area contributed by atoms with E-state index in [0.717, 1.165) is 5.69 Å². The first-order chi connectivity index (χ1) is 14.9. The van der Waals surface area contributed by atoms with Gasteiger partial charge in [0.05, 0.1) is 42.1 Å². The molecule has 2 rings (SSSR count). The number of nitrogens with one attached hydrogen (secondary N) is 2. The quantitative estimate of drug-likeness (QED) is 0.398. The van der Waals surface area contributed by atoms with Crippen LogP contribution >= 0.6 is 23.2 Å². The highest BCUT2D eigenvalue weighted by atomic mass is 35.5. The number of halogens is 2. The molecule has 0 saturated carbocycles. The fourth-order valence-electron chi connectivity index (χ4n) is 2.77. The summed E-state index contributed by atoms with van der Waals surface area (Å²) in [4.78, 5) is 23.9. The highest BCUT2D eigenvalue weighted by Gasteiger charge is 2.25. The largest absolute Gasteiger partial charge is 0.378 e. The van der Waals surface area contributed by atoms with Crippen molar-refractivity contribution < 1.29 is 19.1 Å². The Morgan fingerprint density at radius 3 is 2.71 bits per heavy atom. The number of hydrogen-bond acceptors (Lipinski definition) is 7. The second kappa shape index (κ2) is 13.5. The number of benzene rings is 1. The molecule has 1 aliphatic heterocycles. The molecule has 172 valence electrons. The van der Waals surface area contributed by atoms with Crippen molar-refractivity contribution in [1.82, 2.24) is 10.6 Å². The van der Waals surface area contributed by atoms with Crippen LogP contribution in [0.5, 0.6) is 0 Å². The van der Waals surface area contributed by atoms with Gasteiger partial charge in [0.25, 0.3) is 0 Å². The van der Waals surface area contributed by atoms with Crippen LogP contribution in [-0.4, -0.2) is 63.7 Å². The Bertz CT molecular complexity index is 778. The van der Waals surface area contributed by atoms with Gasteiger partial charge in [-0.3, -0.25) is 14.6 Å². The average molecular weight is 474 g/mol. The minimum Gasteiger partial charge on any atom is -0.378 e. The van der Waals surface area contributed by atoms with Crippen LogP contribution in [0.15, 0.2) is 23.3 Å². The number of carbonyl (C=O) groups excluding carboxylic acids is 2. The average Bonchev–Trinajstić information content (AvgIpc) is 3.10. The Morgan fingerprint density at radius 1 is 1.19 bits per heavy atom. The Kier molecular flexibility index (Phi) is 11.0. The van der Waals surface area contributed by atoms with Crippen LogP contribution in [0.25, 0.3) is 0 Å². The molecule has 9 nitrogen and oxygen atoms in total. The predicted molar refractivity (Wildman–Crippen MR) is 121 cm³/mol. The molecule has 0 aromatic heterocycles. The molecule has 1 aliphatic rings. The first kappa shape index (κ1) is 25.4. The maximum Gasteiger partial charge on any atom is 0.245 e. The van der Waals surface area contributed by atoms with Crippen LogP contribution in [0, 0.1) is 5.92 Å². The van der Waals surface area contributed by atoms with Gasteiger partial charge in [0, 0.05) is 25.4 Å². The number of hydrazone groups is 1. The Balaban J connectivity index is 1.64. The number of anilines is 1. The molecule has 1 unspecified atom stereocenters. The fourth-order valence-corrected chi connectivity index (χ4v) is 3.07. The van der Waals surface area contributed by atoms with E-state index >= 15 is 0 Å². The molecule has 1 aromatic rings. The standard InChI is InChI=1S/C20H29Cl2N5O4/c1-14-12-27(15-4-5-16(21)17(22)11-15)26-20(14)25-18(28)3-2-7-24-19(29)13-31-10-9-30-8-6-23/h4-5,11,14H,2-3,6-10,12-13,23H2,1H3,(H,24,29)(H,25,26,28). The lowest BCUT2D eigenvalue weighted by Gasteiger charge is -2.14. The summed E-state index contributed by atoms with van der Waals surface area (Å²) in [5, 5.41) is 12.8. The third-order valence-corrected chi connectivity index (χ3v) is 5.12. The van der Waals surface area contributed by atoms with Gasteiger partial charge in [-0.15, -0.1) is 0 Å². The molecule has 0 fully saturated rings. The van der Waals surface area contributed by atoms with Crippen LogP contribution in [0.4, 0.5) is 5.69 Å². The van der Waals surface area contributed by atoms with Crippen molar-refractivity contribution in [3.8, 4) is 0 Å². The second-order valence-corrected chi connectivity index (χ2v) is 7.84. The van der Waals surface area contributed by atoms with Gasteiger partial charge in [0.1, 0.15) is 12.4 Å². The molecule has 0 saturated heterocycles. The minimum absolute atomic E-state index is 0.0446. The van der Waals surface area contributed by atoms with Crippen molar-refractivity contribution in [3.05, 3.63) is 28.2 Å². The maximum absolute atomic E-state index is 12.2. The third-order valence-electron chi connectivity index (χ3n) is 4.38. The molecule has 2 amide bonds. The smallest absolute Gasteiger partial charge is 0.245 e.